The van der Waals surface area contributed by atoms with Crippen LogP contribution in [0.15, 0.2) is 52.8 Å². The second-order valence-corrected chi connectivity index (χ2v) is 4.47. The maximum absolute atomic E-state index is 5.42. The van der Waals surface area contributed by atoms with Crippen molar-refractivity contribution < 1.29 is 19.0 Å². The van der Waals surface area contributed by atoms with Crippen molar-refractivity contribution in [2.24, 2.45) is 10.3 Å². The van der Waals surface area contributed by atoms with Crippen LogP contribution in [0.25, 0.3) is 0 Å². The summed E-state index contributed by atoms with van der Waals surface area (Å²) in [4.78, 5) is 5.28. The first-order valence-electron chi connectivity index (χ1n) is 7.09. The first-order valence-corrected chi connectivity index (χ1v) is 7.09. The molecule has 8 nitrogen and oxygen atoms in total. The van der Waals surface area contributed by atoms with Crippen LogP contribution in [0.2, 0.25) is 0 Å². The largest absolute Gasteiger partial charge is 0.493 e. The fraction of sp³-hybridized carbons (Fsp3) is 0.250. The Balaban J connectivity index is 2.25. The van der Waals surface area contributed by atoms with Crippen LogP contribution in [0.3, 0.4) is 0 Å². The number of ether oxygens (including phenoxy) is 3. The number of nitrogens with zero attached hydrogens (tertiary/aromatic N) is 3. The predicted octanol–water partition coefficient (Wildman–Crippen LogP) is 3.28. The number of methoxy groups -OCH3 is 3. The highest BCUT2D eigenvalue weighted by molar-refractivity contribution is 5.68. The molecule has 0 aliphatic carbocycles. The quantitative estimate of drug-likeness (QED) is 0.590. The van der Waals surface area contributed by atoms with E-state index in [2.05, 4.69) is 15.9 Å². The van der Waals surface area contributed by atoms with E-state index in [4.69, 9.17) is 19.0 Å². The van der Waals surface area contributed by atoms with Gasteiger partial charge in [0.2, 0.25) is 5.75 Å². The Morgan fingerprint density at radius 3 is 2.12 bits per heavy atom. The van der Waals surface area contributed by atoms with E-state index in [9.17, 15) is 0 Å². The third-order valence-corrected chi connectivity index (χ3v) is 3.14. The van der Waals surface area contributed by atoms with Gasteiger partial charge >= 0.3 is 0 Å². The molecule has 2 aromatic carbocycles. The van der Waals surface area contributed by atoms with E-state index in [1.54, 1.807) is 19.2 Å². The number of benzene rings is 2. The molecule has 1 N–H and O–H groups in total. The van der Waals surface area contributed by atoms with Crippen molar-refractivity contribution in [3.63, 3.8) is 0 Å². The van der Waals surface area contributed by atoms with E-state index in [1.807, 2.05) is 30.3 Å². The lowest BCUT2D eigenvalue weighted by Crippen LogP contribution is -2.33. The fourth-order valence-electron chi connectivity index (χ4n) is 2.05. The molecule has 0 aromatic heterocycles. The van der Waals surface area contributed by atoms with Crippen molar-refractivity contribution >= 4 is 11.4 Å². The number of rotatable bonds is 8. The molecular weight excluding hydrogens is 312 g/mol. The summed E-state index contributed by atoms with van der Waals surface area (Å²) in [6.45, 7) is 0. The summed E-state index contributed by atoms with van der Waals surface area (Å²) in [5.41, 5.74) is 3.95. The molecule has 0 amide bonds. The molecule has 128 valence electrons. The minimum Gasteiger partial charge on any atom is -0.493 e. The zero-order chi connectivity index (χ0) is 17.4. The van der Waals surface area contributed by atoms with Gasteiger partial charge in [0.05, 0.1) is 34.1 Å². The Morgan fingerprint density at radius 1 is 0.833 bits per heavy atom. The van der Waals surface area contributed by atoms with E-state index in [-0.39, 0.29) is 0 Å². The molecule has 0 unspecified atom stereocenters. The van der Waals surface area contributed by atoms with E-state index >= 15 is 0 Å². The molecule has 0 saturated carbocycles. The number of hydrogen-bond donors (Lipinski definition) is 1. The van der Waals surface area contributed by atoms with Gasteiger partial charge < -0.3 is 14.2 Å². The summed E-state index contributed by atoms with van der Waals surface area (Å²) in [6.07, 6.45) is 0. The molecule has 0 spiro atoms. The second-order valence-electron chi connectivity index (χ2n) is 4.47. The van der Waals surface area contributed by atoms with E-state index in [0.29, 0.717) is 28.6 Å². The lowest BCUT2D eigenvalue weighted by atomic mass is 10.2. The maximum Gasteiger partial charge on any atom is 0.205 e. The summed E-state index contributed by atoms with van der Waals surface area (Å²) in [5, 5.41) is 9.26. The van der Waals surface area contributed by atoms with Crippen LogP contribution in [0.4, 0.5) is 11.4 Å². The van der Waals surface area contributed by atoms with Crippen LogP contribution in [0.5, 0.6) is 17.2 Å². The average Bonchev–Trinajstić information content (AvgIpc) is 2.64. The standard InChI is InChI=1S/C16H20N4O4/c1-21-14-11-10-13(15(22-2)16(14)23-3)20(24-4)19-18-17-12-8-6-5-7-9-12/h5-11H,1-4H3,(H,17,19). The predicted molar refractivity (Wildman–Crippen MR) is 89.7 cm³/mol. The molecule has 2 rings (SSSR count). The van der Waals surface area contributed by atoms with Gasteiger partial charge in [0.1, 0.15) is 5.69 Å². The Bertz CT molecular complexity index is 679. The topological polar surface area (TPSA) is 76.9 Å². The molecule has 2 aromatic rings. The third-order valence-electron chi connectivity index (χ3n) is 3.14. The molecule has 0 bridgehead atoms. The average molecular weight is 332 g/mol. The molecule has 0 aliphatic rings. The number of anilines is 1. The highest BCUT2D eigenvalue weighted by Crippen LogP contribution is 2.43. The van der Waals surface area contributed by atoms with Crippen LogP contribution in [-0.2, 0) is 4.84 Å². The zero-order valence-corrected chi connectivity index (χ0v) is 14.0. The van der Waals surface area contributed by atoms with Crippen molar-refractivity contribution in [1.29, 1.82) is 0 Å². The normalized spacial score (nSPS) is 10.5. The third kappa shape index (κ3) is 3.85. The second kappa shape index (κ2) is 8.59. The van der Waals surface area contributed by atoms with Crippen LogP contribution >= 0.6 is 0 Å². The molecule has 0 aliphatic heterocycles. The van der Waals surface area contributed by atoms with Gasteiger partial charge in [0, 0.05) is 0 Å². The Kier molecular flexibility index (Phi) is 6.21. The summed E-state index contributed by atoms with van der Waals surface area (Å²) >= 11 is 0. The van der Waals surface area contributed by atoms with Gasteiger partial charge in [-0.05, 0) is 24.3 Å². The summed E-state index contributed by atoms with van der Waals surface area (Å²) in [7, 11) is 6.10. The highest BCUT2D eigenvalue weighted by atomic mass is 16.7. The summed E-state index contributed by atoms with van der Waals surface area (Å²) in [6, 6.07) is 12.8. The van der Waals surface area contributed by atoms with Crippen LogP contribution in [-0.4, -0.2) is 28.4 Å². The Hall–Kier alpha value is -3.00. The molecule has 24 heavy (non-hydrogen) atoms. The van der Waals surface area contributed by atoms with Crippen molar-refractivity contribution in [3.05, 3.63) is 42.5 Å². The Morgan fingerprint density at radius 2 is 1.54 bits per heavy atom. The van der Waals surface area contributed by atoms with Crippen molar-refractivity contribution in [1.82, 2.24) is 5.53 Å². The number of nitrogens with one attached hydrogen (secondary N) is 1. The van der Waals surface area contributed by atoms with Gasteiger partial charge in [-0.1, -0.05) is 23.4 Å². The lowest BCUT2D eigenvalue weighted by Gasteiger charge is -2.23. The highest BCUT2D eigenvalue weighted by Gasteiger charge is 2.20. The van der Waals surface area contributed by atoms with Crippen LogP contribution in [0.1, 0.15) is 0 Å². The molecule has 0 heterocycles. The van der Waals surface area contributed by atoms with E-state index < -0.39 is 0 Å². The monoisotopic (exact) mass is 332 g/mol. The minimum atomic E-state index is 0.432. The number of hydrazine groups is 1. The smallest absolute Gasteiger partial charge is 0.205 e. The minimum absolute atomic E-state index is 0.432. The van der Waals surface area contributed by atoms with Gasteiger partial charge in [-0.2, -0.15) is 5.53 Å². The van der Waals surface area contributed by atoms with Crippen molar-refractivity contribution in [3.8, 4) is 17.2 Å². The maximum atomic E-state index is 5.42. The Labute approximate surface area is 140 Å². The summed E-state index contributed by atoms with van der Waals surface area (Å²) in [5.74, 6) is 1.42. The molecule has 0 saturated heterocycles. The molecular formula is C16H20N4O4. The van der Waals surface area contributed by atoms with E-state index in [1.165, 1.54) is 26.5 Å². The first kappa shape index (κ1) is 17.4. The molecule has 0 atom stereocenters. The van der Waals surface area contributed by atoms with Gasteiger partial charge in [-0.15, -0.1) is 10.3 Å². The van der Waals surface area contributed by atoms with Crippen molar-refractivity contribution in [2.75, 3.05) is 33.6 Å². The molecule has 8 heteroatoms. The van der Waals surface area contributed by atoms with Gasteiger partial charge in [0.25, 0.3) is 0 Å². The van der Waals surface area contributed by atoms with Gasteiger partial charge in [-0.3, -0.25) is 4.84 Å². The fourth-order valence-corrected chi connectivity index (χ4v) is 2.05. The van der Waals surface area contributed by atoms with E-state index in [0.717, 1.165) is 0 Å². The van der Waals surface area contributed by atoms with Gasteiger partial charge in [-0.25, -0.2) is 0 Å². The summed E-state index contributed by atoms with van der Waals surface area (Å²) < 4.78 is 16.0. The molecule has 0 fully saturated rings. The number of hydrogen-bond acceptors (Lipinski definition) is 7. The molecule has 0 radical (unpaired) electrons. The van der Waals surface area contributed by atoms with Gasteiger partial charge in [0.15, 0.2) is 11.5 Å². The van der Waals surface area contributed by atoms with Crippen LogP contribution < -0.4 is 24.9 Å². The zero-order valence-electron chi connectivity index (χ0n) is 14.0. The van der Waals surface area contributed by atoms with Crippen molar-refractivity contribution in [2.45, 2.75) is 0 Å². The first-order chi connectivity index (χ1) is 11.7. The lowest BCUT2D eigenvalue weighted by molar-refractivity contribution is 0.132. The van der Waals surface area contributed by atoms with Crippen LogP contribution in [0, 0.1) is 0 Å². The SMILES string of the molecule is COc1ccc(N(NN=Nc2ccccc2)OC)c(OC)c1OC.